The van der Waals surface area contributed by atoms with Crippen LogP contribution < -0.4 is 5.32 Å². The first kappa shape index (κ1) is 12.9. The van der Waals surface area contributed by atoms with Gasteiger partial charge in [0, 0.05) is 19.6 Å². The molecule has 1 unspecified atom stereocenters. The average Bonchev–Trinajstić information content (AvgIpc) is 2.16. The summed E-state index contributed by atoms with van der Waals surface area (Å²) >= 11 is 0. The number of likely N-dealkylation sites (N-methyl/N-ethyl adjacent to an activating group) is 1. The summed E-state index contributed by atoms with van der Waals surface area (Å²) < 4.78 is 25.1. The van der Waals surface area contributed by atoms with Crippen LogP contribution >= 0.6 is 0 Å². The van der Waals surface area contributed by atoms with Crippen molar-refractivity contribution in [3.05, 3.63) is 0 Å². The highest BCUT2D eigenvalue weighted by molar-refractivity contribution is 7.90. The minimum Gasteiger partial charge on any atom is -0.315 e. The van der Waals surface area contributed by atoms with E-state index in [2.05, 4.69) is 5.32 Å². The molecule has 4 nitrogen and oxygen atoms in total. The summed E-state index contributed by atoms with van der Waals surface area (Å²) in [6.07, 6.45) is 2.01. The summed E-state index contributed by atoms with van der Waals surface area (Å²) in [7, 11) is -1.49. The standard InChI is InChI=1S/C10H22N2O2S/c1-10(2,3)15(13,14)12(4)9-6-5-7-11-8-9/h9,11H,5-8H2,1-4H3. The zero-order valence-corrected chi connectivity index (χ0v) is 10.9. The van der Waals surface area contributed by atoms with Crippen molar-refractivity contribution in [3.63, 3.8) is 0 Å². The van der Waals surface area contributed by atoms with Crippen molar-refractivity contribution in [2.24, 2.45) is 0 Å². The van der Waals surface area contributed by atoms with Gasteiger partial charge in [-0.25, -0.2) is 12.7 Å². The lowest BCUT2D eigenvalue weighted by Gasteiger charge is -2.35. The minimum atomic E-state index is -3.18. The maximum Gasteiger partial charge on any atom is 0.219 e. The Morgan fingerprint density at radius 2 is 1.93 bits per heavy atom. The first-order valence-corrected chi connectivity index (χ1v) is 6.89. The van der Waals surface area contributed by atoms with Gasteiger partial charge >= 0.3 is 0 Å². The fourth-order valence-corrected chi connectivity index (χ4v) is 3.21. The van der Waals surface area contributed by atoms with Crippen molar-refractivity contribution in [2.75, 3.05) is 20.1 Å². The molecule has 0 bridgehead atoms. The highest BCUT2D eigenvalue weighted by Crippen LogP contribution is 2.22. The van der Waals surface area contributed by atoms with Crippen molar-refractivity contribution in [3.8, 4) is 0 Å². The molecule has 15 heavy (non-hydrogen) atoms. The van der Waals surface area contributed by atoms with Gasteiger partial charge in [-0.1, -0.05) is 0 Å². The van der Waals surface area contributed by atoms with E-state index in [-0.39, 0.29) is 6.04 Å². The summed E-state index contributed by atoms with van der Waals surface area (Å²) in [5.41, 5.74) is 0. The summed E-state index contributed by atoms with van der Waals surface area (Å²) in [5.74, 6) is 0. The van der Waals surface area contributed by atoms with Crippen molar-refractivity contribution in [2.45, 2.75) is 44.4 Å². The van der Waals surface area contributed by atoms with Crippen LogP contribution in [0.2, 0.25) is 0 Å². The predicted octanol–water partition coefficient (Wildman–Crippen LogP) is 0.798. The Morgan fingerprint density at radius 3 is 2.33 bits per heavy atom. The van der Waals surface area contributed by atoms with Crippen molar-refractivity contribution < 1.29 is 8.42 Å². The molecule has 0 aromatic rings. The van der Waals surface area contributed by atoms with E-state index in [1.807, 2.05) is 0 Å². The van der Waals surface area contributed by atoms with Crippen LogP contribution in [0.5, 0.6) is 0 Å². The molecule has 0 radical (unpaired) electrons. The third kappa shape index (κ3) is 2.71. The van der Waals surface area contributed by atoms with E-state index >= 15 is 0 Å². The van der Waals surface area contributed by atoms with Gasteiger partial charge < -0.3 is 5.32 Å². The van der Waals surface area contributed by atoms with Gasteiger partial charge in [-0.05, 0) is 40.2 Å². The molecule has 1 fully saturated rings. The highest BCUT2D eigenvalue weighted by atomic mass is 32.2. The smallest absolute Gasteiger partial charge is 0.219 e. The van der Waals surface area contributed by atoms with E-state index in [4.69, 9.17) is 0 Å². The molecular weight excluding hydrogens is 212 g/mol. The molecule has 0 aliphatic carbocycles. The number of rotatable bonds is 2. The molecule has 1 aliphatic heterocycles. The van der Waals surface area contributed by atoms with Crippen LogP contribution in [0.25, 0.3) is 0 Å². The maximum absolute atomic E-state index is 12.1. The molecule has 1 N–H and O–H groups in total. The Hall–Kier alpha value is -0.130. The average molecular weight is 234 g/mol. The third-order valence-corrected chi connectivity index (χ3v) is 5.54. The Morgan fingerprint density at radius 1 is 1.33 bits per heavy atom. The summed E-state index contributed by atoms with van der Waals surface area (Å²) in [4.78, 5) is 0. The molecule has 0 aromatic carbocycles. The van der Waals surface area contributed by atoms with Crippen LogP contribution in [0, 0.1) is 0 Å². The largest absolute Gasteiger partial charge is 0.315 e. The summed E-state index contributed by atoms with van der Waals surface area (Å²) in [6, 6.07) is 0.114. The van der Waals surface area contributed by atoms with Gasteiger partial charge in [0.05, 0.1) is 4.75 Å². The second-order valence-electron chi connectivity index (χ2n) is 5.13. The van der Waals surface area contributed by atoms with Gasteiger partial charge in [0.25, 0.3) is 0 Å². The van der Waals surface area contributed by atoms with Crippen LogP contribution in [-0.4, -0.2) is 43.6 Å². The normalized spacial score (nSPS) is 24.5. The molecule has 90 valence electrons. The van der Waals surface area contributed by atoms with Crippen LogP contribution in [0.3, 0.4) is 0 Å². The zero-order valence-electron chi connectivity index (χ0n) is 10.1. The molecule has 1 rings (SSSR count). The second-order valence-corrected chi connectivity index (χ2v) is 7.88. The topological polar surface area (TPSA) is 49.4 Å². The van der Waals surface area contributed by atoms with Crippen LogP contribution in [0.1, 0.15) is 33.6 Å². The maximum atomic E-state index is 12.1. The molecule has 1 aliphatic rings. The van der Waals surface area contributed by atoms with Crippen molar-refractivity contribution in [1.29, 1.82) is 0 Å². The summed E-state index contributed by atoms with van der Waals surface area (Å²) in [5, 5.41) is 3.23. The van der Waals surface area contributed by atoms with E-state index in [0.29, 0.717) is 0 Å². The lowest BCUT2D eigenvalue weighted by molar-refractivity contribution is 0.294. The second kappa shape index (κ2) is 4.39. The first-order valence-electron chi connectivity index (χ1n) is 5.45. The molecule has 0 aromatic heterocycles. The zero-order chi connectivity index (χ0) is 11.7. The van der Waals surface area contributed by atoms with Crippen LogP contribution in [0.15, 0.2) is 0 Å². The van der Waals surface area contributed by atoms with Gasteiger partial charge in [0.15, 0.2) is 0 Å². The Bertz CT molecular complexity index is 300. The van der Waals surface area contributed by atoms with E-state index in [0.717, 1.165) is 25.9 Å². The number of nitrogens with zero attached hydrogens (tertiary/aromatic N) is 1. The molecule has 1 atom stereocenters. The molecule has 1 heterocycles. The van der Waals surface area contributed by atoms with E-state index in [9.17, 15) is 8.42 Å². The van der Waals surface area contributed by atoms with E-state index in [1.54, 1.807) is 32.1 Å². The van der Waals surface area contributed by atoms with Gasteiger partial charge in [0.1, 0.15) is 0 Å². The molecular formula is C10H22N2O2S. The van der Waals surface area contributed by atoms with Gasteiger partial charge in [-0.15, -0.1) is 0 Å². The van der Waals surface area contributed by atoms with Gasteiger partial charge in [-0.3, -0.25) is 0 Å². The Labute approximate surface area is 93.1 Å². The predicted molar refractivity (Wildman–Crippen MR) is 62.3 cm³/mol. The van der Waals surface area contributed by atoms with Crippen molar-refractivity contribution in [1.82, 2.24) is 9.62 Å². The first-order chi connectivity index (χ1) is 6.77. The van der Waals surface area contributed by atoms with Crippen LogP contribution in [-0.2, 0) is 10.0 Å². The highest BCUT2D eigenvalue weighted by Gasteiger charge is 2.36. The molecule has 5 heteroatoms. The van der Waals surface area contributed by atoms with Gasteiger partial charge in [-0.2, -0.15) is 0 Å². The van der Waals surface area contributed by atoms with Crippen LogP contribution in [0.4, 0.5) is 0 Å². The molecule has 0 saturated carbocycles. The summed E-state index contributed by atoms with van der Waals surface area (Å²) in [6.45, 7) is 7.00. The van der Waals surface area contributed by atoms with E-state index in [1.165, 1.54) is 0 Å². The number of hydrogen-bond acceptors (Lipinski definition) is 3. The minimum absolute atomic E-state index is 0.114. The fraction of sp³-hybridized carbons (Fsp3) is 1.00. The number of nitrogens with one attached hydrogen (secondary N) is 1. The number of piperidine rings is 1. The third-order valence-electron chi connectivity index (χ3n) is 2.94. The number of hydrogen-bond donors (Lipinski definition) is 1. The lowest BCUT2D eigenvalue weighted by atomic mass is 10.1. The quantitative estimate of drug-likeness (QED) is 0.769. The Balaban J connectivity index is 2.79. The van der Waals surface area contributed by atoms with E-state index < -0.39 is 14.8 Å². The molecule has 1 saturated heterocycles. The monoisotopic (exact) mass is 234 g/mol. The van der Waals surface area contributed by atoms with Crippen molar-refractivity contribution >= 4 is 10.0 Å². The SMILES string of the molecule is CN(C1CCCNC1)S(=O)(=O)C(C)(C)C. The fourth-order valence-electron chi connectivity index (χ4n) is 1.77. The lowest BCUT2D eigenvalue weighted by Crippen LogP contribution is -2.51. The Kier molecular flexibility index (Phi) is 3.79. The van der Waals surface area contributed by atoms with Gasteiger partial charge in [0.2, 0.25) is 10.0 Å². The molecule has 0 spiro atoms. The molecule has 0 amide bonds. The number of sulfonamides is 1.